The number of ketones is 1. The molecule has 0 radical (unpaired) electrons. The fourth-order valence-corrected chi connectivity index (χ4v) is 2.36. The van der Waals surface area contributed by atoms with E-state index in [-0.39, 0.29) is 23.7 Å². The van der Waals surface area contributed by atoms with E-state index in [2.05, 4.69) is 0 Å². The molecule has 0 heterocycles. The van der Waals surface area contributed by atoms with Crippen LogP contribution in [0.25, 0.3) is 0 Å². The smallest absolute Gasteiger partial charge is 0.342 e. The lowest BCUT2D eigenvalue weighted by atomic mass is 9.98. The van der Waals surface area contributed by atoms with E-state index >= 15 is 0 Å². The fraction of sp³-hybridized carbons (Fsp3) is 0.263. The van der Waals surface area contributed by atoms with E-state index in [0.717, 1.165) is 22.3 Å². The Bertz CT molecular complexity index is 775. The van der Waals surface area contributed by atoms with Gasteiger partial charge in [0.25, 0.3) is 0 Å². The van der Waals surface area contributed by atoms with Gasteiger partial charge in [0.1, 0.15) is 11.3 Å². The van der Waals surface area contributed by atoms with Crippen molar-refractivity contribution >= 4 is 11.8 Å². The number of hydrogen-bond donors (Lipinski definition) is 1. The molecule has 2 aromatic rings. The Balaban J connectivity index is 2.10. The summed E-state index contributed by atoms with van der Waals surface area (Å²) in [5, 5.41) is 9.77. The van der Waals surface area contributed by atoms with Crippen molar-refractivity contribution in [2.24, 2.45) is 0 Å². The van der Waals surface area contributed by atoms with Gasteiger partial charge in [-0.25, -0.2) is 4.79 Å². The zero-order valence-corrected chi connectivity index (χ0v) is 13.8. The number of aryl methyl sites for hydroxylation is 4. The molecule has 4 heteroatoms. The summed E-state index contributed by atoms with van der Waals surface area (Å²) in [6, 6.07) is 8.41. The third-order valence-electron chi connectivity index (χ3n) is 3.85. The van der Waals surface area contributed by atoms with E-state index in [9.17, 15) is 14.7 Å². The third-order valence-corrected chi connectivity index (χ3v) is 3.85. The Morgan fingerprint density at radius 1 is 0.913 bits per heavy atom. The number of aromatic hydroxyl groups is 1. The summed E-state index contributed by atoms with van der Waals surface area (Å²) in [6.07, 6.45) is 0. The first-order chi connectivity index (χ1) is 10.8. The quantitative estimate of drug-likeness (QED) is 0.691. The average Bonchev–Trinajstić information content (AvgIpc) is 2.48. The molecule has 0 aliphatic heterocycles. The minimum Gasteiger partial charge on any atom is -0.507 e. The van der Waals surface area contributed by atoms with Crippen molar-refractivity contribution in [1.29, 1.82) is 0 Å². The molecule has 0 saturated heterocycles. The number of phenols is 1. The van der Waals surface area contributed by atoms with Gasteiger partial charge in [0, 0.05) is 5.56 Å². The first-order valence-corrected chi connectivity index (χ1v) is 7.37. The Kier molecular flexibility index (Phi) is 4.84. The Hall–Kier alpha value is -2.62. The molecule has 2 aromatic carbocycles. The first kappa shape index (κ1) is 16.7. The van der Waals surface area contributed by atoms with E-state index in [1.165, 1.54) is 12.1 Å². The second kappa shape index (κ2) is 6.65. The Morgan fingerprint density at radius 2 is 1.57 bits per heavy atom. The van der Waals surface area contributed by atoms with E-state index < -0.39 is 5.97 Å². The van der Waals surface area contributed by atoms with Crippen LogP contribution in [0.1, 0.15) is 43.0 Å². The van der Waals surface area contributed by atoms with Crippen LogP contribution in [-0.2, 0) is 4.74 Å². The maximum atomic E-state index is 12.3. The molecule has 0 bridgehead atoms. The molecule has 2 rings (SSSR count). The summed E-state index contributed by atoms with van der Waals surface area (Å²) in [5.41, 5.74) is 4.42. The zero-order chi connectivity index (χ0) is 17.1. The molecule has 0 amide bonds. The normalized spacial score (nSPS) is 10.4. The van der Waals surface area contributed by atoms with Gasteiger partial charge in [-0.15, -0.1) is 0 Å². The fourth-order valence-electron chi connectivity index (χ4n) is 2.36. The summed E-state index contributed by atoms with van der Waals surface area (Å²) in [4.78, 5) is 24.2. The summed E-state index contributed by atoms with van der Waals surface area (Å²) >= 11 is 0. The van der Waals surface area contributed by atoms with Crippen LogP contribution in [0.5, 0.6) is 5.75 Å². The highest BCUT2D eigenvalue weighted by atomic mass is 16.5. The molecule has 0 spiro atoms. The Morgan fingerprint density at radius 3 is 2.22 bits per heavy atom. The molecule has 0 saturated carbocycles. The lowest BCUT2D eigenvalue weighted by Gasteiger charge is -2.10. The monoisotopic (exact) mass is 312 g/mol. The summed E-state index contributed by atoms with van der Waals surface area (Å²) in [5.74, 6) is -1.12. The van der Waals surface area contributed by atoms with Crippen LogP contribution in [0.3, 0.4) is 0 Å². The largest absolute Gasteiger partial charge is 0.507 e. The van der Waals surface area contributed by atoms with Gasteiger partial charge < -0.3 is 9.84 Å². The lowest BCUT2D eigenvalue weighted by Crippen LogP contribution is -2.15. The van der Waals surface area contributed by atoms with Crippen LogP contribution < -0.4 is 0 Å². The van der Waals surface area contributed by atoms with Gasteiger partial charge in [-0.1, -0.05) is 12.1 Å². The lowest BCUT2D eigenvalue weighted by molar-refractivity contribution is 0.0471. The van der Waals surface area contributed by atoms with E-state index in [1.807, 2.05) is 32.9 Å². The Labute approximate surface area is 135 Å². The molecule has 0 aliphatic carbocycles. The minimum atomic E-state index is -0.711. The molecule has 0 atom stereocenters. The highest BCUT2D eigenvalue weighted by molar-refractivity contribution is 6.01. The van der Waals surface area contributed by atoms with Crippen molar-refractivity contribution in [3.05, 3.63) is 63.7 Å². The number of ether oxygens (including phenoxy) is 1. The van der Waals surface area contributed by atoms with Crippen LogP contribution in [-0.4, -0.2) is 23.5 Å². The maximum absolute atomic E-state index is 12.3. The van der Waals surface area contributed by atoms with Gasteiger partial charge >= 0.3 is 5.97 Å². The molecule has 0 aromatic heterocycles. The molecular formula is C19H20O4. The van der Waals surface area contributed by atoms with Gasteiger partial charge in [0.05, 0.1) is 0 Å². The predicted molar refractivity (Wildman–Crippen MR) is 88.1 cm³/mol. The minimum absolute atomic E-state index is 0.0557. The van der Waals surface area contributed by atoms with Crippen LogP contribution in [0.15, 0.2) is 30.3 Å². The zero-order valence-electron chi connectivity index (χ0n) is 13.8. The van der Waals surface area contributed by atoms with Gasteiger partial charge in [0.15, 0.2) is 6.61 Å². The number of carbonyl (C=O) groups is 2. The molecule has 23 heavy (non-hydrogen) atoms. The highest BCUT2D eigenvalue weighted by Crippen LogP contribution is 2.20. The van der Waals surface area contributed by atoms with Crippen molar-refractivity contribution in [3.8, 4) is 5.75 Å². The maximum Gasteiger partial charge on any atom is 0.342 e. The van der Waals surface area contributed by atoms with Gasteiger partial charge in [-0.3, -0.25) is 4.79 Å². The molecular weight excluding hydrogens is 292 g/mol. The van der Waals surface area contributed by atoms with Crippen LogP contribution >= 0.6 is 0 Å². The molecule has 1 N–H and O–H groups in total. The van der Waals surface area contributed by atoms with Gasteiger partial charge in [-0.05, 0) is 68.1 Å². The number of rotatable bonds is 4. The van der Waals surface area contributed by atoms with Crippen molar-refractivity contribution in [3.63, 3.8) is 0 Å². The number of carbonyl (C=O) groups excluding carboxylic acids is 2. The second-order valence-corrected chi connectivity index (χ2v) is 5.77. The molecule has 0 fully saturated rings. The van der Waals surface area contributed by atoms with Crippen LogP contribution in [0.2, 0.25) is 0 Å². The van der Waals surface area contributed by atoms with Crippen molar-refractivity contribution in [1.82, 2.24) is 0 Å². The molecule has 0 unspecified atom stereocenters. The van der Waals surface area contributed by atoms with Crippen molar-refractivity contribution < 1.29 is 19.4 Å². The third kappa shape index (κ3) is 3.77. The van der Waals surface area contributed by atoms with E-state index in [1.54, 1.807) is 13.0 Å². The van der Waals surface area contributed by atoms with Crippen LogP contribution in [0.4, 0.5) is 0 Å². The number of phenolic OH excluding ortho intramolecular Hbond substituents is 1. The average molecular weight is 312 g/mol. The predicted octanol–water partition coefficient (Wildman–Crippen LogP) is 3.67. The van der Waals surface area contributed by atoms with Gasteiger partial charge in [0.2, 0.25) is 5.78 Å². The highest BCUT2D eigenvalue weighted by Gasteiger charge is 2.16. The SMILES string of the molecule is Cc1ccc(C(=O)OCC(=O)c2cc(C)c(C)cc2C)c(O)c1. The standard InChI is InChI=1S/C19H20O4/c1-11-5-6-15(17(20)7-11)19(22)23-10-18(21)16-9-13(3)12(2)8-14(16)4/h5-9,20H,10H2,1-4H3. The first-order valence-electron chi connectivity index (χ1n) is 7.37. The number of Topliss-reactive ketones (excluding diaryl/α,β-unsaturated/α-hetero) is 1. The number of hydrogen-bond acceptors (Lipinski definition) is 4. The van der Waals surface area contributed by atoms with Gasteiger partial charge in [-0.2, -0.15) is 0 Å². The molecule has 120 valence electrons. The summed E-state index contributed by atoms with van der Waals surface area (Å²) in [6.45, 7) is 7.22. The van der Waals surface area contributed by atoms with Crippen molar-refractivity contribution in [2.75, 3.05) is 6.61 Å². The summed E-state index contributed by atoms with van der Waals surface area (Å²) in [7, 11) is 0. The number of benzene rings is 2. The van der Waals surface area contributed by atoms with Crippen LogP contribution in [0, 0.1) is 27.7 Å². The molecule has 4 nitrogen and oxygen atoms in total. The van der Waals surface area contributed by atoms with E-state index in [4.69, 9.17) is 4.74 Å². The summed E-state index contributed by atoms with van der Waals surface area (Å²) < 4.78 is 5.04. The van der Waals surface area contributed by atoms with E-state index in [0.29, 0.717) is 5.56 Å². The topological polar surface area (TPSA) is 63.6 Å². The second-order valence-electron chi connectivity index (χ2n) is 5.77. The number of esters is 1. The van der Waals surface area contributed by atoms with Crippen molar-refractivity contribution in [2.45, 2.75) is 27.7 Å². The molecule has 0 aliphatic rings.